The van der Waals surface area contributed by atoms with Crippen LogP contribution in [0.3, 0.4) is 0 Å². The van der Waals surface area contributed by atoms with Gasteiger partial charge in [0.2, 0.25) is 5.91 Å². The van der Waals surface area contributed by atoms with Crippen LogP contribution in [0.25, 0.3) is 0 Å². The Morgan fingerprint density at radius 3 is 2.89 bits per heavy atom. The first-order chi connectivity index (χ1) is 9.17. The van der Waals surface area contributed by atoms with Crippen LogP contribution in [0.1, 0.15) is 20.3 Å². The summed E-state index contributed by atoms with van der Waals surface area (Å²) in [5, 5.41) is 3.13. The molecule has 1 aliphatic heterocycles. The lowest BCUT2D eigenvalue weighted by Gasteiger charge is -2.18. The zero-order valence-corrected chi connectivity index (χ0v) is 11.3. The van der Waals surface area contributed by atoms with Crippen molar-refractivity contribution in [2.45, 2.75) is 26.3 Å². The molecule has 1 aromatic rings. The third-order valence-corrected chi connectivity index (χ3v) is 3.18. The van der Waals surface area contributed by atoms with Crippen molar-refractivity contribution in [1.82, 2.24) is 5.32 Å². The van der Waals surface area contributed by atoms with Crippen LogP contribution in [0, 0.1) is 5.82 Å². The van der Waals surface area contributed by atoms with Gasteiger partial charge in [-0.25, -0.2) is 4.39 Å². The van der Waals surface area contributed by atoms with Crippen molar-refractivity contribution in [3.8, 4) is 5.75 Å². The molecule has 4 nitrogen and oxygen atoms in total. The molecule has 2 rings (SSSR count). The van der Waals surface area contributed by atoms with E-state index in [1.807, 2.05) is 6.92 Å². The normalized spacial score (nSPS) is 19.0. The van der Waals surface area contributed by atoms with Crippen LogP contribution in [0.2, 0.25) is 0 Å². The minimum absolute atomic E-state index is 0.00501. The van der Waals surface area contributed by atoms with Gasteiger partial charge in [-0.3, -0.25) is 4.79 Å². The Morgan fingerprint density at radius 2 is 2.26 bits per heavy atom. The Bertz CT molecular complexity index is 465. The maximum absolute atomic E-state index is 13.8. The van der Waals surface area contributed by atoms with E-state index in [2.05, 4.69) is 5.32 Å². The summed E-state index contributed by atoms with van der Waals surface area (Å²) < 4.78 is 18.9. The summed E-state index contributed by atoms with van der Waals surface area (Å²) in [7, 11) is 0. The number of carbonyl (C=O) groups excluding carboxylic acids is 1. The van der Waals surface area contributed by atoms with E-state index in [4.69, 9.17) is 4.74 Å². The van der Waals surface area contributed by atoms with Crippen LogP contribution in [-0.2, 0) is 4.79 Å². The lowest BCUT2D eigenvalue weighted by Crippen LogP contribution is -2.38. The molecule has 1 atom stereocenters. The molecule has 0 spiro atoms. The zero-order chi connectivity index (χ0) is 13.8. The monoisotopic (exact) mass is 266 g/mol. The number of carbonyl (C=O) groups is 1. The van der Waals surface area contributed by atoms with Gasteiger partial charge in [0.1, 0.15) is 0 Å². The second-order valence-corrected chi connectivity index (χ2v) is 4.44. The summed E-state index contributed by atoms with van der Waals surface area (Å²) in [6, 6.07) is 4.50. The molecule has 0 aliphatic carbocycles. The van der Waals surface area contributed by atoms with Gasteiger partial charge in [0.15, 0.2) is 11.6 Å². The first-order valence-corrected chi connectivity index (χ1v) is 6.64. The number of amides is 1. The van der Waals surface area contributed by atoms with Crippen molar-refractivity contribution < 1.29 is 13.9 Å². The van der Waals surface area contributed by atoms with Gasteiger partial charge in [-0.2, -0.15) is 0 Å². The number of hydrogen-bond donors (Lipinski definition) is 1. The molecule has 19 heavy (non-hydrogen) atoms. The minimum atomic E-state index is -0.431. The van der Waals surface area contributed by atoms with E-state index in [-0.39, 0.29) is 17.7 Å². The van der Waals surface area contributed by atoms with Gasteiger partial charge in [-0.15, -0.1) is 0 Å². The highest BCUT2D eigenvalue weighted by Gasteiger charge is 2.32. The maximum Gasteiger partial charge on any atom is 0.244 e. The predicted octanol–water partition coefficient (Wildman–Crippen LogP) is 1.94. The van der Waals surface area contributed by atoms with Crippen molar-refractivity contribution in [3.05, 3.63) is 24.0 Å². The fraction of sp³-hybridized carbons (Fsp3) is 0.500. The Hall–Kier alpha value is -1.62. The minimum Gasteiger partial charge on any atom is -0.491 e. The van der Waals surface area contributed by atoms with E-state index in [1.165, 1.54) is 6.07 Å². The third kappa shape index (κ3) is 2.87. The number of nitrogens with zero attached hydrogens (tertiary/aromatic N) is 1. The molecular weight excluding hydrogens is 247 g/mol. The highest BCUT2D eigenvalue weighted by atomic mass is 19.1. The quantitative estimate of drug-likeness (QED) is 0.885. The average Bonchev–Trinajstić information content (AvgIpc) is 2.75. The smallest absolute Gasteiger partial charge is 0.244 e. The first-order valence-electron chi connectivity index (χ1n) is 6.64. The molecule has 0 aromatic heterocycles. The second kappa shape index (κ2) is 6.02. The predicted molar refractivity (Wildman–Crippen MR) is 72.0 cm³/mol. The van der Waals surface area contributed by atoms with Crippen molar-refractivity contribution >= 4 is 11.6 Å². The molecule has 1 heterocycles. The number of benzene rings is 1. The molecule has 0 bridgehead atoms. The number of halogens is 1. The summed E-state index contributed by atoms with van der Waals surface area (Å²) in [6.45, 7) is 5.55. The van der Waals surface area contributed by atoms with Gasteiger partial charge < -0.3 is 15.0 Å². The molecule has 1 unspecified atom stereocenters. The number of likely N-dealkylation sites (N-methyl/N-ethyl adjacent to an activating group) is 1. The van der Waals surface area contributed by atoms with Gasteiger partial charge in [0.05, 0.1) is 12.6 Å². The van der Waals surface area contributed by atoms with E-state index in [0.29, 0.717) is 18.8 Å². The van der Waals surface area contributed by atoms with Crippen molar-refractivity contribution in [1.29, 1.82) is 0 Å². The number of ether oxygens (including phenoxy) is 1. The molecule has 0 saturated carbocycles. The Labute approximate surface area is 112 Å². The highest BCUT2D eigenvalue weighted by molar-refractivity contribution is 5.99. The maximum atomic E-state index is 13.8. The average molecular weight is 266 g/mol. The number of rotatable bonds is 5. The summed E-state index contributed by atoms with van der Waals surface area (Å²) in [6.07, 6.45) is 0.751. The van der Waals surface area contributed by atoms with Crippen LogP contribution < -0.4 is 15.0 Å². The van der Waals surface area contributed by atoms with Crippen LogP contribution in [0.15, 0.2) is 18.2 Å². The number of anilines is 1. The fourth-order valence-electron chi connectivity index (χ4n) is 2.30. The van der Waals surface area contributed by atoms with Crippen LogP contribution in [-0.4, -0.2) is 31.6 Å². The molecule has 104 valence electrons. The molecule has 0 radical (unpaired) electrons. The van der Waals surface area contributed by atoms with E-state index < -0.39 is 5.82 Å². The van der Waals surface area contributed by atoms with Gasteiger partial charge >= 0.3 is 0 Å². The van der Waals surface area contributed by atoms with E-state index in [0.717, 1.165) is 13.0 Å². The third-order valence-electron chi connectivity index (χ3n) is 3.18. The molecule has 1 fully saturated rings. The van der Waals surface area contributed by atoms with Crippen molar-refractivity contribution in [2.75, 3.05) is 24.6 Å². The molecule has 5 heteroatoms. The van der Waals surface area contributed by atoms with Crippen LogP contribution in [0.5, 0.6) is 5.75 Å². The van der Waals surface area contributed by atoms with Gasteiger partial charge in [-0.1, -0.05) is 6.92 Å². The lowest BCUT2D eigenvalue weighted by molar-refractivity contribution is -0.118. The van der Waals surface area contributed by atoms with Gasteiger partial charge in [-0.05, 0) is 32.0 Å². The Morgan fingerprint density at radius 1 is 1.47 bits per heavy atom. The molecular formula is C14H19FN2O2. The van der Waals surface area contributed by atoms with E-state index in [9.17, 15) is 9.18 Å². The highest BCUT2D eigenvalue weighted by Crippen LogP contribution is 2.27. The largest absolute Gasteiger partial charge is 0.491 e. The summed E-state index contributed by atoms with van der Waals surface area (Å²) >= 11 is 0. The fourth-order valence-corrected chi connectivity index (χ4v) is 2.30. The van der Waals surface area contributed by atoms with Crippen LogP contribution in [0.4, 0.5) is 10.1 Å². The van der Waals surface area contributed by atoms with Crippen molar-refractivity contribution in [3.63, 3.8) is 0 Å². The molecule has 1 saturated heterocycles. The summed E-state index contributed by atoms with van der Waals surface area (Å²) in [5.41, 5.74) is 0.589. The molecule has 1 amide bonds. The topological polar surface area (TPSA) is 41.6 Å². The molecule has 1 aliphatic rings. The first kappa shape index (κ1) is 13.8. The molecule has 1 N–H and O–H groups in total. The van der Waals surface area contributed by atoms with Crippen LogP contribution >= 0.6 is 0 Å². The standard InChI is InChI=1S/C14H19FN2O2/c1-3-16-12-7-8-17(14(12)18)10-5-6-13(19-4-2)11(15)9-10/h5-6,9,12,16H,3-4,7-8H2,1-2H3. The summed E-state index contributed by atoms with van der Waals surface area (Å²) in [5.74, 6) is -0.203. The van der Waals surface area contributed by atoms with Gasteiger partial charge in [0.25, 0.3) is 0 Å². The second-order valence-electron chi connectivity index (χ2n) is 4.44. The Balaban J connectivity index is 2.15. The Kier molecular flexibility index (Phi) is 4.37. The summed E-state index contributed by atoms with van der Waals surface area (Å²) in [4.78, 5) is 13.7. The van der Waals surface area contributed by atoms with Gasteiger partial charge in [0, 0.05) is 18.3 Å². The number of nitrogens with one attached hydrogen (secondary N) is 1. The lowest BCUT2D eigenvalue weighted by atomic mass is 10.2. The van der Waals surface area contributed by atoms with E-state index >= 15 is 0 Å². The SMILES string of the molecule is CCNC1CCN(c2ccc(OCC)c(F)c2)C1=O. The number of hydrogen-bond acceptors (Lipinski definition) is 3. The molecule has 1 aromatic carbocycles. The van der Waals surface area contributed by atoms with Crippen molar-refractivity contribution in [2.24, 2.45) is 0 Å². The van der Waals surface area contributed by atoms with E-state index in [1.54, 1.807) is 24.0 Å². The zero-order valence-electron chi connectivity index (χ0n) is 11.3.